The number of aliphatic imine (C=N–C) groups is 1. The summed E-state index contributed by atoms with van der Waals surface area (Å²) in [6, 6.07) is 18.7. The Morgan fingerprint density at radius 3 is 2.59 bits per heavy atom. The summed E-state index contributed by atoms with van der Waals surface area (Å²) in [6.07, 6.45) is 4.03. The molecule has 9 nitrogen and oxygen atoms in total. The number of urea groups is 1. The highest BCUT2D eigenvalue weighted by Crippen LogP contribution is 2.33. The smallest absolute Gasteiger partial charge is 0.338 e. The molecule has 1 aliphatic rings. The van der Waals surface area contributed by atoms with Crippen LogP contribution < -0.4 is 26.8 Å². The Hall–Kier alpha value is -5.05. The molecule has 3 aromatic carbocycles. The number of benzene rings is 3. The number of allylic oxidation sites excluding steroid dienone is 2. The fourth-order valence-corrected chi connectivity index (χ4v) is 4.32. The van der Waals surface area contributed by atoms with Gasteiger partial charge in [0.1, 0.15) is 12.4 Å². The topological polar surface area (TPSA) is 141 Å². The van der Waals surface area contributed by atoms with Gasteiger partial charge in [-0.2, -0.15) is 0 Å². The van der Waals surface area contributed by atoms with Crippen molar-refractivity contribution < 1.29 is 19.1 Å². The molecule has 6 N–H and O–H groups in total. The number of hydrogen-bond acceptors (Lipinski definition) is 7. The molecule has 0 aliphatic carbocycles. The summed E-state index contributed by atoms with van der Waals surface area (Å²) in [4.78, 5) is 30.6. The van der Waals surface area contributed by atoms with Crippen molar-refractivity contribution in [3.8, 4) is 5.75 Å². The maximum atomic E-state index is 13.6. The lowest BCUT2D eigenvalue weighted by molar-refractivity contribution is -0.140. The van der Waals surface area contributed by atoms with Gasteiger partial charge in [-0.1, -0.05) is 43.0 Å². The van der Waals surface area contributed by atoms with E-state index in [9.17, 15) is 9.59 Å². The molecule has 0 aromatic heterocycles. The van der Waals surface area contributed by atoms with Gasteiger partial charge in [0.25, 0.3) is 0 Å². The molecule has 0 spiro atoms. The van der Waals surface area contributed by atoms with E-state index in [0.29, 0.717) is 46.7 Å². The third-order valence-corrected chi connectivity index (χ3v) is 6.20. The Kier molecular flexibility index (Phi) is 8.63. The first-order valence-electron chi connectivity index (χ1n) is 12.4. The summed E-state index contributed by atoms with van der Waals surface area (Å²) in [5.41, 5.74) is 16.7. The number of amides is 2. The summed E-state index contributed by atoms with van der Waals surface area (Å²) in [7, 11) is 1.60. The monoisotopic (exact) mass is 525 g/mol. The number of methoxy groups -OCH3 is 1. The number of ether oxygens (including phenoxy) is 2. The van der Waals surface area contributed by atoms with Gasteiger partial charge in [-0.05, 0) is 65.9 Å². The molecule has 200 valence electrons. The lowest BCUT2D eigenvalue weighted by Gasteiger charge is -2.30. The van der Waals surface area contributed by atoms with Crippen molar-refractivity contribution in [3.05, 3.63) is 107 Å². The average molecular weight is 526 g/mol. The van der Waals surface area contributed by atoms with Gasteiger partial charge < -0.3 is 31.6 Å². The lowest BCUT2D eigenvalue weighted by atomic mass is 9.92. The Bertz CT molecular complexity index is 1450. The van der Waals surface area contributed by atoms with E-state index in [-0.39, 0.29) is 6.61 Å². The number of esters is 1. The first-order valence-corrected chi connectivity index (χ1v) is 12.4. The van der Waals surface area contributed by atoms with Gasteiger partial charge in [-0.25, -0.2) is 9.59 Å². The molecule has 2 amide bonds. The summed E-state index contributed by atoms with van der Waals surface area (Å²) < 4.78 is 11.0. The quantitative estimate of drug-likeness (QED) is 0.171. The zero-order valence-electron chi connectivity index (χ0n) is 21.6. The predicted molar refractivity (Wildman–Crippen MR) is 153 cm³/mol. The number of nitrogens with one attached hydrogen (secondary N) is 2. The number of carbonyl (C=O) groups is 2. The number of anilines is 2. The molecule has 1 atom stereocenters. The van der Waals surface area contributed by atoms with E-state index >= 15 is 0 Å². The Morgan fingerprint density at radius 2 is 1.85 bits per heavy atom. The molecule has 0 saturated heterocycles. The number of aryl methyl sites for hydroxylation is 1. The highest BCUT2D eigenvalue weighted by Gasteiger charge is 2.34. The molecule has 1 heterocycles. The van der Waals surface area contributed by atoms with Gasteiger partial charge in [0.2, 0.25) is 0 Å². The summed E-state index contributed by atoms with van der Waals surface area (Å²) >= 11 is 0. The highest BCUT2D eigenvalue weighted by molar-refractivity contribution is 5.95. The van der Waals surface area contributed by atoms with Gasteiger partial charge in [-0.15, -0.1) is 0 Å². The Labute approximate surface area is 227 Å². The Morgan fingerprint density at radius 1 is 1.05 bits per heavy atom. The van der Waals surface area contributed by atoms with Crippen LogP contribution in [0.4, 0.5) is 21.9 Å². The van der Waals surface area contributed by atoms with E-state index in [1.807, 2.05) is 30.3 Å². The van der Waals surface area contributed by atoms with Crippen LogP contribution in [0.1, 0.15) is 29.2 Å². The fourth-order valence-electron chi connectivity index (χ4n) is 4.32. The first-order chi connectivity index (χ1) is 18.9. The molecule has 9 heteroatoms. The van der Waals surface area contributed by atoms with E-state index in [1.165, 1.54) is 6.21 Å². The number of rotatable bonds is 10. The molecule has 0 radical (unpaired) electrons. The fraction of sp³-hybridized carbons (Fsp3) is 0.167. The van der Waals surface area contributed by atoms with Crippen LogP contribution in [-0.4, -0.2) is 25.3 Å². The third kappa shape index (κ3) is 6.84. The molecule has 4 rings (SSSR count). The minimum Gasteiger partial charge on any atom is -0.497 e. The summed E-state index contributed by atoms with van der Waals surface area (Å²) in [6.45, 7) is 3.64. The molecular formula is C30H31N5O4. The molecule has 0 saturated carbocycles. The molecule has 39 heavy (non-hydrogen) atoms. The molecule has 1 aliphatic heterocycles. The largest absolute Gasteiger partial charge is 0.497 e. The van der Waals surface area contributed by atoms with Gasteiger partial charge in [0, 0.05) is 17.6 Å². The number of nitrogens with two attached hydrogens (primary N) is 2. The molecule has 1 unspecified atom stereocenters. The van der Waals surface area contributed by atoms with Crippen molar-refractivity contribution in [2.75, 3.05) is 18.6 Å². The van der Waals surface area contributed by atoms with Crippen LogP contribution in [0.3, 0.4) is 0 Å². The second-order valence-electron chi connectivity index (χ2n) is 8.93. The maximum absolute atomic E-state index is 13.6. The normalized spacial score (nSPS) is 15.0. The van der Waals surface area contributed by atoms with Crippen molar-refractivity contribution in [1.82, 2.24) is 10.6 Å². The summed E-state index contributed by atoms with van der Waals surface area (Å²) in [5, 5.41) is 5.67. The van der Waals surface area contributed by atoms with E-state index in [1.54, 1.807) is 49.6 Å². The lowest BCUT2D eigenvalue weighted by Crippen LogP contribution is -2.46. The van der Waals surface area contributed by atoms with Gasteiger partial charge in [-0.3, -0.25) is 4.99 Å². The van der Waals surface area contributed by atoms with Crippen molar-refractivity contribution in [2.45, 2.75) is 25.5 Å². The minimum absolute atomic E-state index is 0.0224. The molecule has 0 bridgehead atoms. The van der Waals surface area contributed by atoms with Crippen molar-refractivity contribution in [1.29, 1.82) is 0 Å². The average Bonchev–Trinajstić information content (AvgIpc) is 2.94. The number of nitrogens with zero attached hydrogens (tertiary/aromatic N) is 1. The van der Waals surface area contributed by atoms with Crippen LogP contribution in [0.15, 0.2) is 95.6 Å². The SMILES string of the molecule is C=C/C=N\c1ccc(C2NC(=O)NC(CCc3cccc(OC)c3)=C2C(=O)OCc2cccc(N)c2)cc1N. The van der Waals surface area contributed by atoms with Crippen molar-refractivity contribution in [2.24, 2.45) is 4.99 Å². The molecule has 0 fully saturated rings. The van der Waals surface area contributed by atoms with E-state index in [0.717, 1.165) is 16.9 Å². The number of nitrogen functional groups attached to an aromatic ring is 2. The maximum Gasteiger partial charge on any atom is 0.338 e. The van der Waals surface area contributed by atoms with Crippen LogP contribution in [0.25, 0.3) is 0 Å². The second-order valence-corrected chi connectivity index (χ2v) is 8.93. The van der Waals surface area contributed by atoms with Crippen molar-refractivity contribution in [3.63, 3.8) is 0 Å². The predicted octanol–water partition coefficient (Wildman–Crippen LogP) is 4.73. The minimum atomic E-state index is -0.785. The zero-order chi connectivity index (χ0) is 27.8. The van der Waals surface area contributed by atoms with Crippen LogP contribution in [0.2, 0.25) is 0 Å². The van der Waals surface area contributed by atoms with Crippen LogP contribution >= 0.6 is 0 Å². The number of carbonyl (C=O) groups excluding carboxylic acids is 2. The molecular weight excluding hydrogens is 494 g/mol. The van der Waals surface area contributed by atoms with E-state index < -0.39 is 18.0 Å². The zero-order valence-corrected chi connectivity index (χ0v) is 21.6. The number of hydrogen-bond donors (Lipinski definition) is 4. The second kappa shape index (κ2) is 12.5. The van der Waals surface area contributed by atoms with Crippen LogP contribution in [0, 0.1) is 0 Å². The molecule has 3 aromatic rings. The van der Waals surface area contributed by atoms with Gasteiger partial charge in [0.15, 0.2) is 0 Å². The van der Waals surface area contributed by atoms with E-state index in [4.69, 9.17) is 20.9 Å². The standard InChI is InChI=1S/C30H31N5O4/c1-3-14-33-25-13-11-21(17-24(25)32)28-27(29(36)39-18-20-7-4-8-22(31)15-20)26(34-30(37)35-28)12-10-19-6-5-9-23(16-19)38-2/h3-9,11,13-17,28H,1,10,12,18,31-32H2,2H3,(H2,34,35,37)/b33-14-. The van der Waals surface area contributed by atoms with Crippen LogP contribution in [0.5, 0.6) is 5.75 Å². The first kappa shape index (κ1) is 27.0. The van der Waals surface area contributed by atoms with Crippen LogP contribution in [-0.2, 0) is 22.6 Å². The Balaban J connectivity index is 1.68. The third-order valence-electron chi connectivity index (χ3n) is 6.20. The van der Waals surface area contributed by atoms with E-state index in [2.05, 4.69) is 22.2 Å². The van der Waals surface area contributed by atoms with Gasteiger partial charge >= 0.3 is 12.0 Å². The summed E-state index contributed by atoms with van der Waals surface area (Å²) in [5.74, 6) is 0.160. The highest BCUT2D eigenvalue weighted by atomic mass is 16.5. The van der Waals surface area contributed by atoms with Gasteiger partial charge in [0.05, 0.1) is 30.1 Å². The van der Waals surface area contributed by atoms with Crippen molar-refractivity contribution >= 4 is 35.3 Å².